The molecule has 23 heavy (non-hydrogen) atoms. The van der Waals surface area contributed by atoms with Gasteiger partial charge >= 0.3 is 18.2 Å². The standard InChI is InChI=1S/C14H14F3N3O2S/c15-14(16,17)10-3-1-9(2-4-10)11-19(7-8-23-11)13(22)20-6-5-18-12(20)21/h1-4,11H,5-8H2,(H,18,21)/t11-/m0/s1. The van der Waals surface area contributed by atoms with Crippen molar-refractivity contribution in [2.45, 2.75) is 11.6 Å². The molecule has 2 saturated heterocycles. The first-order chi connectivity index (χ1) is 10.9. The predicted octanol–water partition coefficient (Wildman–Crippen LogP) is 2.90. The van der Waals surface area contributed by atoms with Gasteiger partial charge in [-0.25, -0.2) is 14.5 Å². The summed E-state index contributed by atoms with van der Waals surface area (Å²) in [5, 5.41) is 2.18. The third kappa shape index (κ3) is 3.10. The van der Waals surface area contributed by atoms with E-state index in [2.05, 4.69) is 5.32 Å². The van der Waals surface area contributed by atoms with Crippen molar-refractivity contribution >= 4 is 23.8 Å². The number of alkyl halides is 3. The van der Waals surface area contributed by atoms with Crippen LogP contribution in [0, 0.1) is 0 Å². The fourth-order valence-electron chi connectivity index (χ4n) is 2.59. The summed E-state index contributed by atoms with van der Waals surface area (Å²) in [6.45, 7) is 1.17. The molecule has 2 aliphatic heterocycles. The number of halogens is 3. The molecule has 2 fully saturated rings. The van der Waals surface area contributed by atoms with Gasteiger partial charge < -0.3 is 10.2 Å². The van der Waals surface area contributed by atoms with Crippen LogP contribution in [0.2, 0.25) is 0 Å². The number of hydrogen-bond donors (Lipinski definition) is 1. The largest absolute Gasteiger partial charge is 0.416 e. The zero-order valence-electron chi connectivity index (χ0n) is 12.0. The maximum absolute atomic E-state index is 12.6. The summed E-state index contributed by atoms with van der Waals surface area (Å²) in [6.07, 6.45) is -4.38. The Balaban J connectivity index is 1.79. The number of nitrogens with one attached hydrogen (secondary N) is 1. The molecule has 0 unspecified atom stereocenters. The molecule has 2 aliphatic rings. The van der Waals surface area contributed by atoms with Gasteiger partial charge in [0.1, 0.15) is 5.37 Å². The summed E-state index contributed by atoms with van der Waals surface area (Å²) in [4.78, 5) is 26.7. The van der Waals surface area contributed by atoms with E-state index in [0.717, 1.165) is 17.0 Å². The summed E-state index contributed by atoms with van der Waals surface area (Å²) >= 11 is 1.47. The third-order valence-electron chi connectivity index (χ3n) is 3.75. The minimum Gasteiger partial charge on any atom is -0.336 e. The molecule has 0 spiro atoms. The highest BCUT2D eigenvalue weighted by Crippen LogP contribution is 2.39. The summed E-state index contributed by atoms with van der Waals surface area (Å²) in [5.41, 5.74) is -0.102. The zero-order valence-corrected chi connectivity index (χ0v) is 12.8. The van der Waals surface area contributed by atoms with Gasteiger partial charge in [0.15, 0.2) is 0 Å². The number of carbonyl (C=O) groups is 2. The maximum atomic E-state index is 12.6. The molecule has 1 aromatic carbocycles. The van der Waals surface area contributed by atoms with Crippen molar-refractivity contribution in [3.8, 4) is 0 Å². The van der Waals surface area contributed by atoms with Gasteiger partial charge in [0.2, 0.25) is 0 Å². The molecule has 4 amide bonds. The fraction of sp³-hybridized carbons (Fsp3) is 0.429. The molecule has 2 heterocycles. The average Bonchev–Trinajstić information content (AvgIpc) is 3.14. The van der Waals surface area contributed by atoms with Crippen molar-refractivity contribution in [3.05, 3.63) is 35.4 Å². The van der Waals surface area contributed by atoms with E-state index in [1.165, 1.54) is 28.8 Å². The molecule has 0 aromatic heterocycles. The van der Waals surface area contributed by atoms with Crippen LogP contribution in [0.3, 0.4) is 0 Å². The minimum absolute atomic E-state index is 0.304. The quantitative estimate of drug-likeness (QED) is 0.851. The Kier molecular flexibility index (Phi) is 4.13. The minimum atomic E-state index is -4.38. The molecule has 1 N–H and O–H groups in total. The first-order valence-corrected chi connectivity index (χ1v) is 8.07. The fourth-order valence-corrected chi connectivity index (χ4v) is 3.84. The molecular formula is C14H14F3N3O2S. The SMILES string of the molecule is O=C1NCCN1C(=O)N1CCS[C@H]1c1ccc(C(F)(F)F)cc1. The van der Waals surface area contributed by atoms with E-state index < -0.39 is 23.8 Å². The van der Waals surface area contributed by atoms with Gasteiger partial charge in [-0.2, -0.15) is 13.2 Å². The van der Waals surface area contributed by atoms with Crippen LogP contribution >= 0.6 is 11.8 Å². The smallest absolute Gasteiger partial charge is 0.336 e. The molecule has 0 aliphatic carbocycles. The molecule has 3 rings (SSSR count). The molecule has 5 nitrogen and oxygen atoms in total. The van der Waals surface area contributed by atoms with Gasteiger partial charge in [-0.1, -0.05) is 12.1 Å². The number of thioether (sulfide) groups is 1. The van der Waals surface area contributed by atoms with Gasteiger partial charge in [-0.05, 0) is 17.7 Å². The van der Waals surface area contributed by atoms with Crippen molar-refractivity contribution in [3.63, 3.8) is 0 Å². The van der Waals surface area contributed by atoms with Crippen molar-refractivity contribution in [1.82, 2.24) is 15.1 Å². The van der Waals surface area contributed by atoms with Crippen LogP contribution in [-0.4, -0.2) is 47.2 Å². The second-order valence-corrected chi connectivity index (χ2v) is 6.39. The van der Waals surface area contributed by atoms with E-state index in [0.29, 0.717) is 31.0 Å². The van der Waals surface area contributed by atoms with Gasteiger partial charge in [0.05, 0.1) is 5.56 Å². The summed E-state index contributed by atoms with van der Waals surface area (Å²) in [7, 11) is 0. The molecule has 0 radical (unpaired) electrons. The van der Waals surface area contributed by atoms with Crippen molar-refractivity contribution in [1.29, 1.82) is 0 Å². The highest BCUT2D eigenvalue weighted by Gasteiger charge is 2.37. The Morgan fingerprint density at radius 3 is 2.48 bits per heavy atom. The molecule has 1 atom stereocenters. The van der Waals surface area contributed by atoms with E-state index in [1.807, 2.05) is 0 Å². The third-order valence-corrected chi connectivity index (χ3v) is 5.01. The number of benzene rings is 1. The predicted molar refractivity (Wildman–Crippen MR) is 78.8 cm³/mol. The Labute approximate surface area is 134 Å². The van der Waals surface area contributed by atoms with Crippen LogP contribution in [0.1, 0.15) is 16.5 Å². The maximum Gasteiger partial charge on any atom is 0.416 e. The Bertz CT molecular complexity index is 621. The normalized spacial score (nSPS) is 21.7. The molecule has 0 saturated carbocycles. The van der Waals surface area contributed by atoms with Crippen molar-refractivity contribution in [2.24, 2.45) is 0 Å². The van der Waals surface area contributed by atoms with E-state index in [4.69, 9.17) is 0 Å². The van der Waals surface area contributed by atoms with Crippen LogP contribution in [-0.2, 0) is 6.18 Å². The van der Waals surface area contributed by atoms with Crippen LogP contribution in [0.5, 0.6) is 0 Å². The molecule has 9 heteroatoms. The van der Waals surface area contributed by atoms with Gasteiger partial charge in [-0.15, -0.1) is 11.8 Å². The number of carbonyl (C=O) groups excluding carboxylic acids is 2. The molecule has 0 bridgehead atoms. The van der Waals surface area contributed by atoms with Crippen molar-refractivity contribution < 1.29 is 22.8 Å². The van der Waals surface area contributed by atoms with E-state index in [-0.39, 0.29) is 5.37 Å². The van der Waals surface area contributed by atoms with Crippen LogP contribution in [0.25, 0.3) is 0 Å². The lowest BCUT2D eigenvalue weighted by Gasteiger charge is -2.27. The van der Waals surface area contributed by atoms with E-state index >= 15 is 0 Å². The first kappa shape index (κ1) is 16.0. The Morgan fingerprint density at radius 1 is 1.22 bits per heavy atom. The highest BCUT2D eigenvalue weighted by atomic mass is 32.2. The topological polar surface area (TPSA) is 52.7 Å². The van der Waals surface area contributed by atoms with E-state index in [9.17, 15) is 22.8 Å². The second-order valence-electron chi connectivity index (χ2n) is 5.20. The van der Waals surface area contributed by atoms with Gasteiger partial charge in [0.25, 0.3) is 0 Å². The molecular weight excluding hydrogens is 331 g/mol. The number of nitrogens with zero attached hydrogens (tertiary/aromatic N) is 2. The lowest BCUT2D eigenvalue weighted by Crippen LogP contribution is -2.44. The number of imide groups is 1. The summed E-state index contributed by atoms with van der Waals surface area (Å²) < 4.78 is 37.9. The molecule has 124 valence electrons. The van der Waals surface area contributed by atoms with Crippen LogP contribution < -0.4 is 5.32 Å². The first-order valence-electron chi connectivity index (χ1n) is 7.02. The second kappa shape index (κ2) is 5.95. The Hall–Kier alpha value is -1.90. The van der Waals surface area contributed by atoms with Gasteiger partial charge in [-0.3, -0.25) is 0 Å². The highest BCUT2D eigenvalue weighted by molar-refractivity contribution is 7.99. The van der Waals surface area contributed by atoms with Crippen LogP contribution in [0.4, 0.5) is 22.8 Å². The average molecular weight is 345 g/mol. The van der Waals surface area contributed by atoms with E-state index in [1.54, 1.807) is 0 Å². The number of hydrogen-bond acceptors (Lipinski definition) is 3. The summed E-state index contributed by atoms with van der Waals surface area (Å²) in [5.74, 6) is 0.673. The lowest BCUT2D eigenvalue weighted by atomic mass is 10.1. The number of amides is 4. The van der Waals surface area contributed by atoms with Crippen molar-refractivity contribution in [2.75, 3.05) is 25.4 Å². The zero-order chi connectivity index (χ0) is 16.6. The number of rotatable bonds is 1. The van der Waals surface area contributed by atoms with Gasteiger partial charge in [0, 0.05) is 25.4 Å². The number of urea groups is 2. The summed E-state index contributed by atoms with van der Waals surface area (Å²) in [6, 6.07) is 3.96. The molecule has 1 aromatic rings. The van der Waals surface area contributed by atoms with Crippen LogP contribution in [0.15, 0.2) is 24.3 Å². The lowest BCUT2D eigenvalue weighted by molar-refractivity contribution is -0.137. The monoisotopic (exact) mass is 345 g/mol. The Morgan fingerprint density at radius 2 is 1.91 bits per heavy atom.